The number of benzene rings is 3. The fraction of sp³-hybridized carbons (Fsp3) is 0.0455. The highest BCUT2D eigenvalue weighted by atomic mass is 32.2. The summed E-state index contributed by atoms with van der Waals surface area (Å²) in [7, 11) is -3.94. The van der Waals surface area contributed by atoms with Crippen molar-refractivity contribution in [2.75, 3.05) is 10.0 Å². The molecule has 4 rings (SSSR count). The van der Waals surface area contributed by atoms with Crippen LogP contribution >= 0.6 is 0 Å². The summed E-state index contributed by atoms with van der Waals surface area (Å²) in [6.07, 6.45) is 0. The lowest BCUT2D eigenvalue weighted by atomic mass is 10.2. The van der Waals surface area contributed by atoms with Crippen LogP contribution in [0, 0.1) is 12.7 Å². The second-order valence-corrected chi connectivity index (χ2v) is 8.57. The molecule has 0 spiro atoms. The summed E-state index contributed by atoms with van der Waals surface area (Å²) in [5, 5.41) is 6.80. The molecule has 0 aliphatic carbocycles. The number of aryl methyl sites for hydroxylation is 1. The Hall–Kier alpha value is -4.05. The van der Waals surface area contributed by atoms with Crippen LogP contribution in [0.3, 0.4) is 0 Å². The van der Waals surface area contributed by atoms with Gasteiger partial charge in [-0.15, -0.1) is 5.10 Å². The summed E-state index contributed by atoms with van der Waals surface area (Å²) in [5.41, 5.74) is 1.67. The van der Waals surface area contributed by atoms with Gasteiger partial charge in [0.25, 0.3) is 21.9 Å². The van der Waals surface area contributed by atoms with E-state index in [1.54, 1.807) is 42.5 Å². The molecule has 0 saturated heterocycles. The molecule has 0 aliphatic heterocycles. The lowest BCUT2D eigenvalue weighted by Gasteiger charge is -2.07. The van der Waals surface area contributed by atoms with Crippen molar-refractivity contribution in [3.63, 3.8) is 0 Å². The second kappa shape index (κ2) is 8.60. The fourth-order valence-corrected chi connectivity index (χ4v) is 3.80. The Labute approximate surface area is 183 Å². The van der Waals surface area contributed by atoms with Gasteiger partial charge in [0.2, 0.25) is 5.95 Å². The Morgan fingerprint density at radius 1 is 0.938 bits per heavy atom. The first-order valence-electron chi connectivity index (χ1n) is 9.51. The Bertz CT molecular complexity index is 1350. The number of amides is 1. The van der Waals surface area contributed by atoms with E-state index in [4.69, 9.17) is 0 Å². The van der Waals surface area contributed by atoms with Crippen LogP contribution < -0.4 is 10.0 Å². The number of nitrogens with one attached hydrogen (secondary N) is 2. The third-order valence-electron chi connectivity index (χ3n) is 4.50. The Morgan fingerprint density at radius 2 is 1.59 bits per heavy atom. The highest BCUT2D eigenvalue weighted by Crippen LogP contribution is 2.20. The van der Waals surface area contributed by atoms with Crippen molar-refractivity contribution < 1.29 is 17.6 Å². The van der Waals surface area contributed by atoms with E-state index in [1.165, 1.54) is 28.9 Å². The zero-order valence-electron chi connectivity index (χ0n) is 16.9. The van der Waals surface area contributed by atoms with Gasteiger partial charge in [-0.3, -0.25) is 10.1 Å². The van der Waals surface area contributed by atoms with Gasteiger partial charge in [-0.25, -0.2) is 17.5 Å². The number of anilines is 2. The molecule has 0 saturated carbocycles. The third-order valence-corrected chi connectivity index (χ3v) is 5.84. The topological polar surface area (TPSA) is 106 Å². The standard InChI is InChI=1S/C22H18FN5O3S/c1-15-7-13-19(14-8-15)32(30,31)27-21-25-22(28(26-21)18-5-3-2-4-6-18)24-20(29)16-9-11-17(23)12-10-16/h2-14H,1H3,(H2,24,25,26,27,29). The van der Waals surface area contributed by atoms with Gasteiger partial charge in [0.15, 0.2) is 0 Å². The summed E-state index contributed by atoms with van der Waals surface area (Å²) in [6.45, 7) is 1.85. The first kappa shape index (κ1) is 21.2. The third kappa shape index (κ3) is 4.65. The highest BCUT2D eigenvalue weighted by Gasteiger charge is 2.20. The monoisotopic (exact) mass is 451 g/mol. The number of para-hydroxylation sites is 1. The molecular formula is C22H18FN5O3S. The molecule has 1 heterocycles. The van der Waals surface area contributed by atoms with E-state index in [9.17, 15) is 17.6 Å². The van der Waals surface area contributed by atoms with Gasteiger partial charge in [0.05, 0.1) is 10.6 Å². The van der Waals surface area contributed by atoms with Crippen LogP contribution in [0.1, 0.15) is 15.9 Å². The van der Waals surface area contributed by atoms with Crippen molar-refractivity contribution in [3.05, 3.63) is 95.8 Å². The number of halogens is 1. The Balaban J connectivity index is 1.67. The molecule has 3 aromatic carbocycles. The largest absolute Gasteiger partial charge is 0.290 e. The number of carbonyl (C=O) groups excluding carboxylic acids is 1. The molecule has 2 N–H and O–H groups in total. The molecule has 162 valence electrons. The highest BCUT2D eigenvalue weighted by molar-refractivity contribution is 7.92. The minimum Gasteiger partial charge on any atom is -0.290 e. The molecule has 0 bridgehead atoms. The van der Waals surface area contributed by atoms with E-state index in [-0.39, 0.29) is 22.4 Å². The van der Waals surface area contributed by atoms with Crippen LogP contribution in [-0.2, 0) is 10.0 Å². The molecule has 1 aromatic heterocycles. The average molecular weight is 451 g/mol. The van der Waals surface area contributed by atoms with Crippen molar-refractivity contribution in [3.8, 4) is 5.69 Å². The molecule has 0 atom stereocenters. The first-order chi connectivity index (χ1) is 15.3. The minimum atomic E-state index is -3.94. The zero-order chi connectivity index (χ0) is 22.7. The predicted molar refractivity (Wildman–Crippen MR) is 118 cm³/mol. The van der Waals surface area contributed by atoms with Gasteiger partial charge < -0.3 is 0 Å². The smallest absolute Gasteiger partial charge is 0.264 e. The fourth-order valence-electron chi connectivity index (χ4n) is 2.86. The van der Waals surface area contributed by atoms with Gasteiger partial charge in [-0.2, -0.15) is 9.67 Å². The van der Waals surface area contributed by atoms with Gasteiger partial charge in [-0.1, -0.05) is 35.9 Å². The lowest BCUT2D eigenvalue weighted by molar-refractivity contribution is 0.102. The summed E-state index contributed by atoms with van der Waals surface area (Å²) in [4.78, 5) is 16.8. The molecular weight excluding hydrogens is 433 g/mol. The number of hydrogen-bond donors (Lipinski definition) is 2. The number of rotatable bonds is 6. The van der Waals surface area contributed by atoms with E-state index in [0.717, 1.165) is 17.7 Å². The Morgan fingerprint density at radius 3 is 2.25 bits per heavy atom. The van der Waals surface area contributed by atoms with Crippen LogP contribution in [0.4, 0.5) is 16.3 Å². The van der Waals surface area contributed by atoms with Crippen molar-refractivity contribution in [1.82, 2.24) is 14.8 Å². The van der Waals surface area contributed by atoms with Gasteiger partial charge in [0.1, 0.15) is 5.82 Å². The molecule has 0 aliphatic rings. The van der Waals surface area contributed by atoms with Gasteiger partial charge >= 0.3 is 0 Å². The quantitative estimate of drug-likeness (QED) is 0.464. The maximum Gasteiger partial charge on any atom is 0.264 e. The number of aromatic nitrogens is 3. The number of nitrogens with zero attached hydrogens (tertiary/aromatic N) is 3. The molecule has 8 nitrogen and oxygen atoms in total. The van der Waals surface area contributed by atoms with Crippen molar-refractivity contribution >= 4 is 27.8 Å². The van der Waals surface area contributed by atoms with Crippen LogP contribution in [0.15, 0.2) is 83.8 Å². The number of carbonyl (C=O) groups is 1. The van der Waals surface area contributed by atoms with E-state index in [0.29, 0.717) is 5.69 Å². The SMILES string of the molecule is Cc1ccc(S(=O)(=O)Nc2nc(NC(=O)c3ccc(F)cc3)n(-c3ccccc3)n2)cc1. The average Bonchev–Trinajstić information content (AvgIpc) is 3.16. The van der Waals surface area contributed by atoms with E-state index >= 15 is 0 Å². The number of hydrogen-bond acceptors (Lipinski definition) is 5. The lowest BCUT2D eigenvalue weighted by Crippen LogP contribution is -2.16. The molecule has 10 heteroatoms. The van der Waals surface area contributed by atoms with Crippen LogP contribution in [-0.4, -0.2) is 29.1 Å². The molecule has 0 radical (unpaired) electrons. The van der Waals surface area contributed by atoms with Crippen molar-refractivity contribution in [2.45, 2.75) is 11.8 Å². The maximum atomic E-state index is 13.2. The van der Waals surface area contributed by atoms with Crippen LogP contribution in [0.5, 0.6) is 0 Å². The van der Waals surface area contributed by atoms with E-state index in [2.05, 4.69) is 20.1 Å². The Kier molecular flexibility index (Phi) is 5.69. The summed E-state index contributed by atoms with van der Waals surface area (Å²) >= 11 is 0. The molecule has 0 unspecified atom stereocenters. The normalized spacial score (nSPS) is 11.2. The number of sulfonamides is 1. The minimum absolute atomic E-state index is 0.00729. The van der Waals surface area contributed by atoms with E-state index in [1.807, 2.05) is 6.92 Å². The van der Waals surface area contributed by atoms with Crippen LogP contribution in [0.2, 0.25) is 0 Å². The van der Waals surface area contributed by atoms with Gasteiger partial charge in [-0.05, 0) is 55.5 Å². The van der Waals surface area contributed by atoms with Crippen molar-refractivity contribution in [1.29, 1.82) is 0 Å². The summed E-state index contributed by atoms with van der Waals surface area (Å²) in [5.74, 6) is -1.25. The van der Waals surface area contributed by atoms with Crippen LogP contribution in [0.25, 0.3) is 5.69 Å². The molecule has 4 aromatic rings. The molecule has 32 heavy (non-hydrogen) atoms. The first-order valence-corrected chi connectivity index (χ1v) is 11.0. The summed E-state index contributed by atoms with van der Waals surface area (Å²) < 4.78 is 42.2. The zero-order valence-corrected chi connectivity index (χ0v) is 17.7. The second-order valence-electron chi connectivity index (χ2n) is 6.89. The predicted octanol–water partition coefficient (Wildman–Crippen LogP) is 3.77. The van der Waals surface area contributed by atoms with E-state index < -0.39 is 21.7 Å². The summed E-state index contributed by atoms with van der Waals surface area (Å²) in [6, 6.07) is 20.1. The molecule has 1 amide bonds. The van der Waals surface area contributed by atoms with Crippen molar-refractivity contribution in [2.24, 2.45) is 0 Å². The van der Waals surface area contributed by atoms with Gasteiger partial charge in [0, 0.05) is 5.56 Å². The maximum absolute atomic E-state index is 13.2. The molecule has 0 fully saturated rings.